The van der Waals surface area contributed by atoms with Crippen molar-refractivity contribution in [1.29, 1.82) is 0 Å². The highest BCUT2D eigenvalue weighted by Gasteiger charge is 2.15. The third kappa shape index (κ3) is 3.80. The number of aromatic nitrogens is 3. The predicted molar refractivity (Wildman–Crippen MR) is 126 cm³/mol. The Balaban J connectivity index is 1.48. The molecule has 1 saturated heterocycles. The van der Waals surface area contributed by atoms with Crippen molar-refractivity contribution in [3.63, 3.8) is 0 Å². The van der Waals surface area contributed by atoms with E-state index in [9.17, 15) is 4.79 Å². The van der Waals surface area contributed by atoms with Gasteiger partial charge in [0.25, 0.3) is 5.56 Å². The molecule has 2 aromatic heterocycles. The molecular formula is C24H26N6O. The molecule has 0 atom stereocenters. The molecule has 0 unspecified atom stereocenters. The van der Waals surface area contributed by atoms with Crippen LogP contribution in [0, 0.1) is 0 Å². The fraction of sp³-hybridized carbons (Fsp3) is 0.250. The summed E-state index contributed by atoms with van der Waals surface area (Å²) in [6.07, 6.45) is 3.70. The zero-order valence-corrected chi connectivity index (χ0v) is 17.8. The first-order valence-electron chi connectivity index (χ1n) is 10.5. The second-order valence-corrected chi connectivity index (χ2v) is 8.10. The number of benzene rings is 2. The molecule has 1 aliphatic rings. The van der Waals surface area contributed by atoms with E-state index in [-0.39, 0.29) is 5.56 Å². The highest BCUT2D eigenvalue weighted by atomic mass is 16.1. The van der Waals surface area contributed by atoms with Crippen LogP contribution in [0.2, 0.25) is 0 Å². The summed E-state index contributed by atoms with van der Waals surface area (Å²) in [5.74, 6) is 0.322. The van der Waals surface area contributed by atoms with Gasteiger partial charge in [0.1, 0.15) is 0 Å². The lowest BCUT2D eigenvalue weighted by molar-refractivity contribution is 0.313. The van der Waals surface area contributed by atoms with Crippen LogP contribution in [0.25, 0.3) is 22.2 Å². The molecule has 4 aromatic rings. The van der Waals surface area contributed by atoms with E-state index < -0.39 is 0 Å². The molecule has 158 valence electrons. The molecule has 0 aliphatic carbocycles. The molecule has 0 saturated carbocycles. The lowest BCUT2D eigenvalue weighted by Crippen LogP contribution is -2.44. The standard InChI is InChI=1S/C24H26N6O/c1-28-11-13-30(14-12-28)18-6-3-5-17(15-18)26-23-24(31)29(2)16-22(27-23)19-7-4-8-21-20(19)9-10-25-21/h3-10,15-16,25H,11-14H2,1-2H3,(H,26,27). The van der Waals surface area contributed by atoms with E-state index in [1.165, 1.54) is 0 Å². The van der Waals surface area contributed by atoms with Gasteiger partial charge in [0, 0.05) is 73.5 Å². The maximum absolute atomic E-state index is 12.8. The van der Waals surface area contributed by atoms with Crippen molar-refractivity contribution >= 4 is 28.1 Å². The molecule has 3 heterocycles. The number of fused-ring (bicyclic) bond motifs is 1. The normalized spacial score (nSPS) is 14.8. The van der Waals surface area contributed by atoms with Crippen molar-refractivity contribution in [1.82, 2.24) is 19.4 Å². The summed E-state index contributed by atoms with van der Waals surface area (Å²) in [6.45, 7) is 4.09. The maximum atomic E-state index is 12.8. The molecule has 0 amide bonds. The van der Waals surface area contributed by atoms with E-state index in [0.29, 0.717) is 5.82 Å². The fourth-order valence-corrected chi connectivity index (χ4v) is 4.11. The number of anilines is 3. The van der Waals surface area contributed by atoms with E-state index in [4.69, 9.17) is 4.98 Å². The topological polar surface area (TPSA) is 69.2 Å². The van der Waals surface area contributed by atoms with Crippen LogP contribution in [0.3, 0.4) is 0 Å². The average molecular weight is 415 g/mol. The fourth-order valence-electron chi connectivity index (χ4n) is 4.11. The van der Waals surface area contributed by atoms with Crippen LogP contribution < -0.4 is 15.8 Å². The second kappa shape index (κ2) is 7.92. The van der Waals surface area contributed by atoms with E-state index in [1.54, 1.807) is 17.8 Å². The van der Waals surface area contributed by atoms with Crippen LogP contribution in [0.5, 0.6) is 0 Å². The molecule has 2 aromatic carbocycles. The smallest absolute Gasteiger partial charge is 0.293 e. The van der Waals surface area contributed by atoms with Crippen molar-refractivity contribution in [3.8, 4) is 11.3 Å². The summed E-state index contributed by atoms with van der Waals surface area (Å²) >= 11 is 0. The van der Waals surface area contributed by atoms with E-state index >= 15 is 0 Å². The minimum Gasteiger partial charge on any atom is -0.369 e. The van der Waals surface area contributed by atoms with Gasteiger partial charge in [-0.05, 0) is 37.4 Å². The maximum Gasteiger partial charge on any atom is 0.293 e. The summed E-state index contributed by atoms with van der Waals surface area (Å²) < 4.78 is 1.58. The quantitative estimate of drug-likeness (QED) is 0.536. The lowest BCUT2D eigenvalue weighted by Gasteiger charge is -2.34. The van der Waals surface area contributed by atoms with Crippen molar-refractivity contribution < 1.29 is 0 Å². The monoisotopic (exact) mass is 414 g/mol. The van der Waals surface area contributed by atoms with E-state index in [2.05, 4.69) is 39.3 Å². The highest BCUT2D eigenvalue weighted by molar-refractivity contribution is 5.94. The van der Waals surface area contributed by atoms with Crippen LogP contribution in [-0.4, -0.2) is 52.7 Å². The number of nitrogens with one attached hydrogen (secondary N) is 2. The number of hydrogen-bond acceptors (Lipinski definition) is 5. The van der Waals surface area contributed by atoms with Crippen LogP contribution >= 0.6 is 0 Å². The molecule has 7 heteroatoms. The van der Waals surface area contributed by atoms with Gasteiger partial charge >= 0.3 is 0 Å². The Morgan fingerprint density at radius 2 is 1.81 bits per heavy atom. The number of nitrogens with zero attached hydrogens (tertiary/aromatic N) is 4. The van der Waals surface area contributed by atoms with Crippen molar-refractivity contribution in [2.45, 2.75) is 0 Å². The molecule has 31 heavy (non-hydrogen) atoms. The summed E-state index contributed by atoms with van der Waals surface area (Å²) in [7, 11) is 3.91. The third-order valence-corrected chi connectivity index (χ3v) is 5.92. The Bertz CT molecular complexity index is 1280. The zero-order chi connectivity index (χ0) is 21.4. The second-order valence-electron chi connectivity index (χ2n) is 8.10. The molecule has 1 aliphatic heterocycles. The average Bonchev–Trinajstić information content (AvgIpc) is 3.26. The zero-order valence-electron chi connectivity index (χ0n) is 17.8. The molecule has 2 N–H and O–H groups in total. The van der Waals surface area contributed by atoms with Gasteiger partial charge in [0.2, 0.25) is 0 Å². The van der Waals surface area contributed by atoms with Crippen LogP contribution in [0.15, 0.2) is 65.7 Å². The first-order chi connectivity index (χ1) is 15.1. The van der Waals surface area contributed by atoms with Gasteiger partial charge in [-0.15, -0.1) is 0 Å². The molecule has 0 spiro atoms. The SMILES string of the molecule is CN1CCN(c2cccc(Nc3nc(-c4cccc5[nH]ccc45)cn(C)c3=O)c2)CC1. The molecule has 1 fully saturated rings. The highest BCUT2D eigenvalue weighted by Crippen LogP contribution is 2.28. The van der Waals surface area contributed by atoms with E-state index in [1.807, 2.05) is 42.6 Å². The van der Waals surface area contributed by atoms with Crippen LogP contribution in [-0.2, 0) is 7.05 Å². The molecular weight excluding hydrogens is 388 g/mol. The summed E-state index contributed by atoms with van der Waals surface area (Å²) in [5, 5.41) is 4.34. The van der Waals surface area contributed by atoms with Gasteiger partial charge in [-0.1, -0.05) is 18.2 Å². The summed E-state index contributed by atoms with van der Waals surface area (Å²) in [5.41, 5.74) is 4.65. The molecule has 7 nitrogen and oxygen atoms in total. The number of H-pyrrole nitrogens is 1. The Morgan fingerprint density at radius 1 is 1.00 bits per heavy atom. The van der Waals surface area contributed by atoms with Crippen LogP contribution in [0.4, 0.5) is 17.2 Å². The van der Waals surface area contributed by atoms with Crippen molar-refractivity contribution in [3.05, 3.63) is 71.3 Å². The van der Waals surface area contributed by atoms with Gasteiger partial charge in [-0.25, -0.2) is 4.98 Å². The summed E-state index contributed by atoms with van der Waals surface area (Å²) in [6, 6.07) is 16.3. The van der Waals surface area contributed by atoms with Gasteiger partial charge in [-0.2, -0.15) is 0 Å². The van der Waals surface area contributed by atoms with Gasteiger partial charge < -0.3 is 24.7 Å². The van der Waals surface area contributed by atoms with E-state index in [0.717, 1.165) is 59.7 Å². The van der Waals surface area contributed by atoms with Crippen molar-refractivity contribution in [2.24, 2.45) is 7.05 Å². The van der Waals surface area contributed by atoms with Crippen LogP contribution in [0.1, 0.15) is 0 Å². The number of piperazine rings is 1. The predicted octanol–water partition coefficient (Wildman–Crippen LogP) is 3.42. The lowest BCUT2D eigenvalue weighted by atomic mass is 10.1. The van der Waals surface area contributed by atoms with Gasteiger partial charge in [0.05, 0.1) is 5.69 Å². The van der Waals surface area contributed by atoms with Gasteiger partial charge in [-0.3, -0.25) is 4.79 Å². The molecule has 0 radical (unpaired) electrons. The third-order valence-electron chi connectivity index (χ3n) is 5.92. The Morgan fingerprint density at radius 3 is 2.65 bits per heavy atom. The van der Waals surface area contributed by atoms with Gasteiger partial charge in [0.15, 0.2) is 5.82 Å². The number of hydrogen-bond donors (Lipinski definition) is 2. The minimum atomic E-state index is -0.157. The summed E-state index contributed by atoms with van der Waals surface area (Å²) in [4.78, 5) is 25.5. The molecule has 0 bridgehead atoms. The number of aryl methyl sites for hydroxylation is 1. The number of likely N-dealkylation sites (N-methyl/N-ethyl adjacent to an activating group) is 1. The largest absolute Gasteiger partial charge is 0.369 e. The Hall–Kier alpha value is -3.58. The molecule has 5 rings (SSSR count). The first kappa shape index (κ1) is 19.4. The Labute approximate surface area is 181 Å². The number of rotatable bonds is 4. The number of aromatic amines is 1. The van der Waals surface area contributed by atoms with Crippen molar-refractivity contribution in [2.75, 3.05) is 43.4 Å². The Kier molecular flexibility index (Phi) is 4.95. The minimum absolute atomic E-state index is 0.157. The first-order valence-corrected chi connectivity index (χ1v) is 10.5.